The van der Waals surface area contributed by atoms with Crippen molar-refractivity contribution in [1.29, 1.82) is 0 Å². The van der Waals surface area contributed by atoms with Gasteiger partial charge < -0.3 is 9.84 Å². The summed E-state index contributed by atoms with van der Waals surface area (Å²) in [5.41, 5.74) is 0.982. The Bertz CT molecular complexity index is 380. The zero-order valence-corrected chi connectivity index (χ0v) is 12.6. The van der Waals surface area contributed by atoms with E-state index in [1.54, 1.807) is 7.11 Å². The maximum atomic E-state index is 10.4. The summed E-state index contributed by atoms with van der Waals surface area (Å²) in [7, 11) is 1.65. The van der Waals surface area contributed by atoms with Gasteiger partial charge in [0.15, 0.2) is 0 Å². The van der Waals surface area contributed by atoms with Crippen LogP contribution in [0.15, 0.2) is 24.3 Å². The number of hydrogen-bond acceptors (Lipinski definition) is 4. The van der Waals surface area contributed by atoms with Crippen LogP contribution in [0.1, 0.15) is 25.5 Å². The number of hydrogen-bond donors (Lipinski definition) is 1. The van der Waals surface area contributed by atoms with Gasteiger partial charge in [-0.1, -0.05) is 26.0 Å². The van der Waals surface area contributed by atoms with E-state index in [4.69, 9.17) is 4.74 Å². The van der Waals surface area contributed by atoms with Crippen LogP contribution < -0.4 is 4.74 Å². The molecular weight excluding hydrogens is 264 g/mol. The third-order valence-corrected chi connectivity index (χ3v) is 6.86. The Labute approximate surface area is 117 Å². The molecule has 0 aliphatic carbocycles. The van der Waals surface area contributed by atoms with Gasteiger partial charge in [0.05, 0.1) is 13.2 Å². The topological polar surface area (TPSA) is 29.5 Å². The Kier molecular flexibility index (Phi) is 4.87. The average molecular weight is 284 g/mol. The van der Waals surface area contributed by atoms with Crippen LogP contribution in [0.2, 0.25) is 0 Å². The fourth-order valence-electron chi connectivity index (χ4n) is 1.99. The predicted octanol–water partition coefficient (Wildman–Crippen LogP) is 3.35. The second-order valence-corrected chi connectivity index (χ2v) is 7.67. The first-order valence-corrected chi connectivity index (χ1v) is 8.20. The molecule has 1 fully saturated rings. The maximum absolute atomic E-state index is 10.4. The van der Waals surface area contributed by atoms with Gasteiger partial charge in [0.25, 0.3) is 0 Å². The number of thioether (sulfide) groups is 2. The molecule has 18 heavy (non-hydrogen) atoms. The van der Waals surface area contributed by atoms with Crippen LogP contribution >= 0.6 is 23.5 Å². The highest BCUT2D eigenvalue weighted by Gasteiger charge is 2.30. The molecule has 1 aromatic rings. The number of ether oxygens (including phenoxy) is 1. The molecule has 100 valence electrons. The van der Waals surface area contributed by atoms with Gasteiger partial charge in [-0.15, -0.1) is 0 Å². The van der Waals surface area contributed by atoms with Crippen molar-refractivity contribution in [1.82, 2.24) is 0 Å². The van der Waals surface area contributed by atoms with Crippen molar-refractivity contribution in [2.45, 2.75) is 35.7 Å². The lowest BCUT2D eigenvalue weighted by atomic mass is 10.1. The minimum atomic E-state index is -0.386. The van der Waals surface area contributed by atoms with E-state index in [0.29, 0.717) is 10.5 Å². The molecule has 2 nitrogen and oxygen atoms in total. The van der Waals surface area contributed by atoms with Gasteiger partial charge in [-0.3, -0.25) is 0 Å². The van der Waals surface area contributed by atoms with E-state index >= 15 is 0 Å². The average Bonchev–Trinajstić information content (AvgIpc) is 2.41. The smallest absolute Gasteiger partial charge is 0.118 e. The van der Waals surface area contributed by atoms with Gasteiger partial charge in [0.1, 0.15) is 5.75 Å². The van der Waals surface area contributed by atoms with Gasteiger partial charge in [0, 0.05) is 21.5 Å². The van der Waals surface area contributed by atoms with E-state index in [2.05, 4.69) is 13.8 Å². The third-order valence-electron chi connectivity index (χ3n) is 3.38. The zero-order valence-electron chi connectivity index (χ0n) is 11.0. The molecule has 0 bridgehead atoms. The summed E-state index contributed by atoms with van der Waals surface area (Å²) >= 11 is 3.86. The van der Waals surface area contributed by atoms with Crippen molar-refractivity contribution in [3.05, 3.63) is 29.8 Å². The Balaban J connectivity index is 2.03. The molecule has 1 N–H and O–H groups in total. The third kappa shape index (κ3) is 3.16. The normalized spacial score (nSPS) is 29.9. The van der Waals surface area contributed by atoms with Crippen molar-refractivity contribution in [2.24, 2.45) is 0 Å². The van der Waals surface area contributed by atoms with Crippen LogP contribution in [-0.2, 0) is 0 Å². The summed E-state index contributed by atoms with van der Waals surface area (Å²) in [6.07, 6.45) is -0.386. The lowest BCUT2D eigenvalue weighted by Gasteiger charge is -2.34. The lowest BCUT2D eigenvalue weighted by Crippen LogP contribution is -2.30. The standard InChI is InChI=1S/C14H20O2S2/c1-9-10(2)18-13(8-17-9)14(15)11-4-6-12(16-3)7-5-11/h4-7,9-10,13-15H,8H2,1-3H3. The molecule has 1 saturated heterocycles. The largest absolute Gasteiger partial charge is 0.497 e. The molecule has 0 saturated carbocycles. The molecule has 1 heterocycles. The summed E-state index contributed by atoms with van der Waals surface area (Å²) in [6.45, 7) is 4.51. The van der Waals surface area contributed by atoms with Crippen molar-refractivity contribution < 1.29 is 9.84 Å². The molecule has 1 aliphatic heterocycles. The van der Waals surface area contributed by atoms with Gasteiger partial charge in [-0.05, 0) is 17.7 Å². The van der Waals surface area contributed by atoms with E-state index in [1.165, 1.54) is 0 Å². The summed E-state index contributed by atoms with van der Waals surface area (Å²) < 4.78 is 5.13. The molecule has 1 aliphatic rings. The second kappa shape index (κ2) is 6.22. The van der Waals surface area contributed by atoms with Crippen LogP contribution in [0.5, 0.6) is 5.75 Å². The summed E-state index contributed by atoms with van der Waals surface area (Å²) in [4.78, 5) is 0. The number of aliphatic hydroxyl groups excluding tert-OH is 1. The minimum Gasteiger partial charge on any atom is -0.497 e. The van der Waals surface area contributed by atoms with Crippen molar-refractivity contribution >= 4 is 23.5 Å². The quantitative estimate of drug-likeness (QED) is 0.921. The van der Waals surface area contributed by atoms with Crippen molar-refractivity contribution in [3.8, 4) is 5.75 Å². The molecule has 4 unspecified atom stereocenters. The van der Waals surface area contributed by atoms with E-state index in [1.807, 2.05) is 47.8 Å². The van der Waals surface area contributed by atoms with Crippen molar-refractivity contribution in [2.75, 3.05) is 12.9 Å². The molecule has 4 heteroatoms. The van der Waals surface area contributed by atoms with Gasteiger partial charge in [-0.25, -0.2) is 0 Å². The first-order chi connectivity index (χ1) is 8.61. The van der Waals surface area contributed by atoms with Crippen molar-refractivity contribution in [3.63, 3.8) is 0 Å². The van der Waals surface area contributed by atoms with E-state index in [0.717, 1.165) is 17.1 Å². The summed E-state index contributed by atoms with van der Waals surface area (Å²) in [5, 5.41) is 12.0. The molecule has 1 aromatic carbocycles. The Morgan fingerprint density at radius 2 is 1.89 bits per heavy atom. The summed E-state index contributed by atoms with van der Waals surface area (Å²) in [5.74, 6) is 1.85. The number of methoxy groups -OCH3 is 1. The number of benzene rings is 1. The van der Waals surface area contributed by atoms with Gasteiger partial charge >= 0.3 is 0 Å². The highest BCUT2D eigenvalue weighted by molar-refractivity contribution is 8.07. The zero-order chi connectivity index (χ0) is 13.1. The Hall–Kier alpha value is -0.320. The molecule has 2 rings (SSSR count). The molecular formula is C14H20O2S2. The monoisotopic (exact) mass is 284 g/mol. The molecule has 0 amide bonds. The fraction of sp³-hybridized carbons (Fsp3) is 0.571. The molecule has 0 radical (unpaired) electrons. The maximum Gasteiger partial charge on any atom is 0.118 e. The number of aliphatic hydroxyl groups is 1. The predicted molar refractivity (Wildman–Crippen MR) is 80.7 cm³/mol. The van der Waals surface area contributed by atoms with Gasteiger partial charge in [0.2, 0.25) is 0 Å². The van der Waals surface area contributed by atoms with Crippen LogP contribution in [0.3, 0.4) is 0 Å². The summed E-state index contributed by atoms with van der Waals surface area (Å²) in [6, 6.07) is 7.73. The van der Waals surface area contributed by atoms with E-state index < -0.39 is 0 Å². The highest BCUT2D eigenvalue weighted by atomic mass is 32.2. The van der Waals surface area contributed by atoms with E-state index in [9.17, 15) is 5.11 Å². The molecule has 0 spiro atoms. The van der Waals surface area contributed by atoms with Crippen LogP contribution in [-0.4, -0.2) is 33.7 Å². The van der Waals surface area contributed by atoms with Crippen LogP contribution in [0.4, 0.5) is 0 Å². The number of rotatable bonds is 3. The van der Waals surface area contributed by atoms with E-state index in [-0.39, 0.29) is 11.4 Å². The lowest BCUT2D eigenvalue weighted by molar-refractivity contribution is 0.180. The van der Waals surface area contributed by atoms with Crippen LogP contribution in [0, 0.1) is 0 Å². The fourth-order valence-corrected chi connectivity index (χ4v) is 4.99. The van der Waals surface area contributed by atoms with Gasteiger partial charge in [-0.2, -0.15) is 23.5 Å². The first kappa shape index (κ1) is 14.1. The second-order valence-electron chi connectivity index (χ2n) is 4.64. The molecule has 4 atom stereocenters. The molecule has 0 aromatic heterocycles. The minimum absolute atomic E-state index is 0.287. The van der Waals surface area contributed by atoms with Crippen LogP contribution in [0.25, 0.3) is 0 Å². The Morgan fingerprint density at radius 1 is 1.22 bits per heavy atom. The Morgan fingerprint density at radius 3 is 2.44 bits per heavy atom. The highest BCUT2D eigenvalue weighted by Crippen LogP contribution is 2.41. The SMILES string of the molecule is COc1ccc(C(O)C2CSC(C)C(C)S2)cc1. The first-order valence-electron chi connectivity index (χ1n) is 6.21.